The van der Waals surface area contributed by atoms with E-state index in [1.54, 1.807) is 16.7 Å². The van der Waals surface area contributed by atoms with E-state index >= 15 is 0 Å². The molecule has 4 atom stereocenters. The van der Waals surface area contributed by atoms with Crippen molar-refractivity contribution in [2.45, 2.75) is 89.7 Å². The van der Waals surface area contributed by atoms with Crippen LogP contribution in [0, 0.1) is 28.6 Å². The Balaban J connectivity index is 1.18. The fourth-order valence-electron chi connectivity index (χ4n) is 7.87. The van der Waals surface area contributed by atoms with Gasteiger partial charge in [0, 0.05) is 89.1 Å². The van der Waals surface area contributed by atoms with Crippen molar-refractivity contribution in [3.05, 3.63) is 18.0 Å². The molecule has 0 unspecified atom stereocenters. The molecular formula is C33H46F4N6O5. The summed E-state index contributed by atoms with van der Waals surface area (Å²) < 4.78 is 61.4. The van der Waals surface area contributed by atoms with Gasteiger partial charge in [0.1, 0.15) is 6.04 Å². The lowest BCUT2D eigenvalue weighted by Crippen LogP contribution is -2.65. The van der Waals surface area contributed by atoms with E-state index < -0.39 is 60.0 Å². The molecule has 4 amide bonds. The Morgan fingerprint density at radius 2 is 1.56 bits per heavy atom. The largest absolute Gasteiger partial charge is 0.376 e. The van der Waals surface area contributed by atoms with Crippen LogP contribution in [0.1, 0.15) is 76.1 Å². The van der Waals surface area contributed by atoms with E-state index in [0.29, 0.717) is 5.56 Å². The van der Waals surface area contributed by atoms with Gasteiger partial charge in [0.15, 0.2) is 0 Å². The standard InChI is InChI=1S/C33H46F4N6O5/c1-20(48-16-21-4-6-32(34,35)7-5-21)25(29(47)41-10-8-33(36,37)9-11-41)40-26(44)24-15-42(27(45)22-13-38-39-14-22)17-31(24)18-43(19-31)28(46)23-12-30(23,2)3/h13-14,20-21,23-25H,4-12,15-19H2,1-3H3,(H,38,39)(H,40,44)/t20-,23-,24-,25+/m1/s1. The van der Waals surface area contributed by atoms with Crippen LogP contribution < -0.4 is 5.32 Å². The lowest BCUT2D eigenvalue weighted by atomic mass is 9.70. The number of aromatic nitrogens is 2. The van der Waals surface area contributed by atoms with Gasteiger partial charge in [-0.1, -0.05) is 13.8 Å². The molecule has 48 heavy (non-hydrogen) atoms. The van der Waals surface area contributed by atoms with Crippen molar-refractivity contribution < 1.29 is 41.5 Å². The lowest BCUT2D eigenvalue weighted by Gasteiger charge is -2.50. The summed E-state index contributed by atoms with van der Waals surface area (Å²) in [5, 5.41) is 9.35. The quantitative estimate of drug-likeness (QED) is 0.385. The Morgan fingerprint density at radius 3 is 2.15 bits per heavy atom. The van der Waals surface area contributed by atoms with Crippen molar-refractivity contribution in [1.82, 2.24) is 30.2 Å². The van der Waals surface area contributed by atoms with E-state index in [0.717, 1.165) is 6.42 Å². The van der Waals surface area contributed by atoms with Crippen LogP contribution in [0.15, 0.2) is 12.4 Å². The van der Waals surface area contributed by atoms with Crippen LogP contribution in [0.25, 0.3) is 0 Å². The molecule has 0 radical (unpaired) electrons. The Labute approximate surface area is 277 Å². The number of likely N-dealkylation sites (tertiary alicyclic amines) is 3. The minimum atomic E-state index is -2.88. The first-order chi connectivity index (χ1) is 22.5. The average molecular weight is 683 g/mol. The van der Waals surface area contributed by atoms with Crippen LogP contribution in [0.5, 0.6) is 0 Å². The number of aromatic amines is 1. The lowest BCUT2D eigenvalue weighted by molar-refractivity contribution is -0.153. The summed E-state index contributed by atoms with van der Waals surface area (Å²) in [6, 6.07) is -1.23. The highest BCUT2D eigenvalue weighted by Crippen LogP contribution is 2.54. The first kappa shape index (κ1) is 34.6. The molecule has 6 rings (SSSR count). The molecule has 3 aliphatic heterocycles. The molecule has 0 bridgehead atoms. The predicted octanol–water partition coefficient (Wildman–Crippen LogP) is 3.33. The number of amides is 4. The molecule has 5 fully saturated rings. The normalized spacial score (nSPS) is 28.4. The number of alkyl halides is 4. The second kappa shape index (κ2) is 12.6. The molecule has 2 saturated carbocycles. The minimum Gasteiger partial charge on any atom is -0.376 e. The number of ether oxygens (including phenoxy) is 1. The Morgan fingerprint density at radius 1 is 0.958 bits per heavy atom. The van der Waals surface area contributed by atoms with E-state index in [9.17, 15) is 36.7 Å². The molecule has 15 heteroatoms. The number of halogens is 4. The summed E-state index contributed by atoms with van der Waals surface area (Å²) in [6.45, 7) is 6.28. The molecule has 1 aromatic rings. The van der Waals surface area contributed by atoms with Gasteiger partial charge in [-0.3, -0.25) is 24.3 Å². The third-order valence-electron chi connectivity index (χ3n) is 11.4. The van der Waals surface area contributed by atoms with Crippen LogP contribution in [0.4, 0.5) is 17.6 Å². The highest BCUT2D eigenvalue weighted by molar-refractivity contribution is 5.95. The molecule has 0 aromatic carbocycles. The SMILES string of the molecule is C[C@@H](OCC1CCC(F)(F)CC1)[C@H](NC(=O)[C@H]1CN(C(=O)c2cn[nH]c2)CC12CN(C(=O)[C@H]1CC1(C)C)C2)C(=O)N1CCC(F)(F)CC1. The molecular weight excluding hydrogens is 636 g/mol. The van der Waals surface area contributed by atoms with Gasteiger partial charge >= 0.3 is 0 Å². The maximum atomic E-state index is 14.2. The molecule has 4 heterocycles. The molecule has 1 spiro atoms. The highest BCUT2D eigenvalue weighted by Gasteiger charge is 2.62. The second-order valence-electron chi connectivity index (χ2n) is 15.5. The molecule has 11 nitrogen and oxygen atoms in total. The van der Waals surface area contributed by atoms with Gasteiger partial charge < -0.3 is 24.8 Å². The maximum Gasteiger partial charge on any atom is 0.257 e. The van der Waals surface area contributed by atoms with Crippen LogP contribution in [0.2, 0.25) is 0 Å². The molecule has 2 aliphatic carbocycles. The topological polar surface area (TPSA) is 128 Å². The summed E-state index contributed by atoms with van der Waals surface area (Å²) in [6.07, 6.45) is 1.83. The maximum absolute atomic E-state index is 14.2. The zero-order chi connectivity index (χ0) is 34.6. The number of hydrogen-bond donors (Lipinski definition) is 2. The fourth-order valence-corrected chi connectivity index (χ4v) is 7.87. The van der Waals surface area contributed by atoms with Gasteiger partial charge in [-0.05, 0) is 37.5 Å². The first-order valence-electron chi connectivity index (χ1n) is 17.0. The highest BCUT2D eigenvalue weighted by atomic mass is 19.3. The summed E-state index contributed by atoms with van der Waals surface area (Å²) >= 11 is 0. The van der Waals surface area contributed by atoms with E-state index in [1.807, 2.05) is 13.8 Å². The van der Waals surface area contributed by atoms with Gasteiger partial charge in [0.25, 0.3) is 11.8 Å². The first-order valence-corrected chi connectivity index (χ1v) is 17.0. The van der Waals surface area contributed by atoms with Gasteiger partial charge in [-0.25, -0.2) is 17.6 Å². The van der Waals surface area contributed by atoms with Gasteiger partial charge in [-0.15, -0.1) is 0 Å². The number of rotatable bonds is 9. The van der Waals surface area contributed by atoms with Gasteiger partial charge in [0.05, 0.1) is 23.8 Å². The number of nitrogens with zero attached hydrogens (tertiary/aromatic N) is 4. The van der Waals surface area contributed by atoms with Crippen LogP contribution in [-0.2, 0) is 19.1 Å². The average Bonchev–Trinajstić information content (AvgIpc) is 3.38. The van der Waals surface area contributed by atoms with Gasteiger partial charge in [-0.2, -0.15) is 5.10 Å². The Kier molecular flexibility index (Phi) is 9.08. The van der Waals surface area contributed by atoms with Crippen molar-refractivity contribution >= 4 is 23.6 Å². The number of carbonyl (C=O) groups is 4. The molecule has 266 valence electrons. The molecule has 5 aliphatic rings. The van der Waals surface area contributed by atoms with Crippen LogP contribution in [0.3, 0.4) is 0 Å². The minimum absolute atomic E-state index is 0.0295. The van der Waals surface area contributed by atoms with Gasteiger partial charge in [0.2, 0.25) is 23.6 Å². The Bertz CT molecular complexity index is 1380. The number of H-pyrrole nitrogens is 1. The molecule has 2 N–H and O–H groups in total. The Hall–Kier alpha value is -3.23. The van der Waals surface area contributed by atoms with Crippen molar-refractivity contribution in [2.24, 2.45) is 28.6 Å². The van der Waals surface area contributed by atoms with E-state index in [-0.39, 0.29) is 101 Å². The molecule has 3 saturated heterocycles. The van der Waals surface area contributed by atoms with Crippen molar-refractivity contribution in [2.75, 3.05) is 45.9 Å². The van der Waals surface area contributed by atoms with Crippen molar-refractivity contribution in [3.63, 3.8) is 0 Å². The fraction of sp³-hybridized carbons (Fsp3) is 0.788. The van der Waals surface area contributed by atoms with Crippen molar-refractivity contribution in [3.8, 4) is 0 Å². The van der Waals surface area contributed by atoms with Crippen LogP contribution in [-0.4, -0.2) is 118 Å². The summed E-state index contributed by atoms with van der Waals surface area (Å²) in [7, 11) is 0. The summed E-state index contributed by atoms with van der Waals surface area (Å²) in [5.74, 6) is -7.91. The number of carbonyl (C=O) groups excluding carboxylic acids is 4. The predicted molar refractivity (Wildman–Crippen MR) is 164 cm³/mol. The van der Waals surface area contributed by atoms with E-state index in [2.05, 4.69) is 15.5 Å². The van der Waals surface area contributed by atoms with Crippen molar-refractivity contribution in [1.29, 1.82) is 0 Å². The molecule has 1 aromatic heterocycles. The van der Waals surface area contributed by atoms with Crippen LogP contribution >= 0.6 is 0 Å². The monoisotopic (exact) mass is 682 g/mol. The third-order valence-corrected chi connectivity index (χ3v) is 11.4. The second-order valence-corrected chi connectivity index (χ2v) is 15.5. The number of hydrogen-bond acceptors (Lipinski definition) is 6. The smallest absolute Gasteiger partial charge is 0.257 e. The van der Waals surface area contributed by atoms with E-state index in [4.69, 9.17) is 4.74 Å². The number of piperidine rings is 1. The zero-order valence-corrected chi connectivity index (χ0v) is 27.8. The van der Waals surface area contributed by atoms with E-state index in [1.165, 1.54) is 17.3 Å². The third kappa shape index (κ3) is 7.07. The summed E-state index contributed by atoms with van der Waals surface area (Å²) in [4.78, 5) is 59.3. The number of nitrogens with one attached hydrogen (secondary N) is 2. The zero-order valence-electron chi connectivity index (χ0n) is 27.8. The summed E-state index contributed by atoms with van der Waals surface area (Å²) in [5.41, 5.74) is -0.484.